The molecule has 0 heterocycles. The van der Waals surface area contributed by atoms with Crippen molar-refractivity contribution in [2.45, 2.75) is 25.3 Å². The molecule has 1 aromatic rings. The monoisotopic (exact) mass is 271 g/mol. The Morgan fingerprint density at radius 1 is 1.41 bits per heavy atom. The van der Waals surface area contributed by atoms with Gasteiger partial charge in [0.2, 0.25) is 0 Å². The molecule has 0 saturated carbocycles. The SMILES string of the molecule is CCC(CSC)NC(=O)c1ccc(CCl)cc1. The maximum Gasteiger partial charge on any atom is 0.251 e. The third-order valence-electron chi connectivity index (χ3n) is 2.57. The topological polar surface area (TPSA) is 29.1 Å². The lowest BCUT2D eigenvalue weighted by Gasteiger charge is -2.15. The van der Waals surface area contributed by atoms with E-state index in [4.69, 9.17) is 11.6 Å². The zero-order chi connectivity index (χ0) is 12.7. The van der Waals surface area contributed by atoms with Gasteiger partial charge in [-0.2, -0.15) is 11.8 Å². The lowest BCUT2D eigenvalue weighted by atomic mass is 10.1. The summed E-state index contributed by atoms with van der Waals surface area (Å²) in [6.07, 6.45) is 3.00. The first kappa shape index (κ1) is 14.4. The fraction of sp³-hybridized carbons (Fsp3) is 0.462. The van der Waals surface area contributed by atoms with Crippen LogP contribution >= 0.6 is 23.4 Å². The number of rotatable bonds is 6. The predicted molar refractivity (Wildman–Crippen MR) is 75.9 cm³/mol. The molecule has 0 fully saturated rings. The molecule has 2 nitrogen and oxygen atoms in total. The average molecular weight is 272 g/mol. The zero-order valence-corrected chi connectivity index (χ0v) is 11.8. The molecule has 0 aliphatic heterocycles. The van der Waals surface area contributed by atoms with E-state index in [2.05, 4.69) is 12.2 Å². The molecule has 1 amide bonds. The van der Waals surface area contributed by atoms with Crippen LogP contribution < -0.4 is 5.32 Å². The Labute approximate surface area is 112 Å². The first-order valence-electron chi connectivity index (χ1n) is 5.66. The molecule has 94 valence electrons. The van der Waals surface area contributed by atoms with Crippen LogP contribution in [0, 0.1) is 0 Å². The Bertz CT molecular complexity index is 353. The van der Waals surface area contributed by atoms with Crippen molar-refractivity contribution in [2.75, 3.05) is 12.0 Å². The van der Waals surface area contributed by atoms with E-state index in [9.17, 15) is 4.79 Å². The number of alkyl halides is 1. The molecule has 0 radical (unpaired) electrons. The van der Waals surface area contributed by atoms with Gasteiger partial charge in [-0.1, -0.05) is 19.1 Å². The van der Waals surface area contributed by atoms with Gasteiger partial charge >= 0.3 is 0 Å². The fourth-order valence-corrected chi connectivity index (χ4v) is 2.38. The van der Waals surface area contributed by atoms with Crippen LogP contribution in [0.4, 0.5) is 0 Å². The molecule has 0 aliphatic rings. The molecule has 1 rings (SSSR count). The van der Waals surface area contributed by atoms with E-state index in [-0.39, 0.29) is 11.9 Å². The first-order chi connectivity index (χ1) is 8.21. The van der Waals surface area contributed by atoms with Gasteiger partial charge in [-0.05, 0) is 30.4 Å². The van der Waals surface area contributed by atoms with Crippen molar-refractivity contribution in [3.63, 3.8) is 0 Å². The van der Waals surface area contributed by atoms with E-state index in [0.29, 0.717) is 11.4 Å². The summed E-state index contributed by atoms with van der Waals surface area (Å²) in [5.41, 5.74) is 1.72. The lowest BCUT2D eigenvalue weighted by molar-refractivity contribution is 0.0940. The second kappa shape index (κ2) is 7.62. The van der Waals surface area contributed by atoms with Gasteiger partial charge in [0.05, 0.1) is 0 Å². The van der Waals surface area contributed by atoms with Crippen LogP contribution in [0.2, 0.25) is 0 Å². The van der Waals surface area contributed by atoms with E-state index in [1.165, 1.54) is 0 Å². The molecular weight excluding hydrogens is 254 g/mol. The van der Waals surface area contributed by atoms with Crippen molar-refractivity contribution >= 4 is 29.3 Å². The Morgan fingerprint density at radius 2 is 2.06 bits per heavy atom. The quantitative estimate of drug-likeness (QED) is 0.805. The smallest absolute Gasteiger partial charge is 0.251 e. The highest BCUT2D eigenvalue weighted by Crippen LogP contribution is 2.08. The molecule has 1 unspecified atom stereocenters. The largest absolute Gasteiger partial charge is 0.348 e. The highest BCUT2D eigenvalue weighted by atomic mass is 35.5. The van der Waals surface area contributed by atoms with Crippen molar-refractivity contribution in [3.8, 4) is 0 Å². The van der Waals surface area contributed by atoms with Crippen molar-refractivity contribution in [1.82, 2.24) is 5.32 Å². The van der Waals surface area contributed by atoms with Crippen molar-refractivity contribution < 1.29 is 4.79 Å². The Kier molecular flexibility index (Phi) is 6.45. The summed E-state index contributed by atoms with van der Waals surface area (Å²) < 4.78 is 0. The maximum atomic E-state index is 11.9. The highest BCUT2D eigenvalue weighted by molar-refractivity contribution is 7.98. The van der Waals surface area contributed by atoms with Crippen LogP contribution in [0.1, 0.15) is 29.3 Å². The minimum atomic E-state index is -0.00739. The van der Waals surface area contributed by atoms with Crippen LogP contribution in [0.5, 0.6) is 0 Å². The zero-order valence-electron chi connectivity index (χ0n) is 10.2. The predicted octanol–water partition coefficient (Wildman–Crippen LogP) is 3.30. The van der Waals surface area contributed by atoms with Gasteiger partial charge in [0, 0.05) is 23.2 Å². The number of carbonyl (C=O) groups is 1. The van der Waals surface area contributed by atoms with Gasteiger partial charge in [-0.25, -0.2) is 0 Å². The number of benzene rings is 1. The number of nitrogens with one attached hydrogen (secondary N) is 1. The fourth-order valence-electron chi connectivity index (χ4n) is 1.48. The average Bonchev–Trinajstić information content (AvgIpc) is 2.38. The van der Waals surface area contributed by atoms with E-state index < -0.39 is 0 Å². The molecule has 17 heavy (non-hydrogen) atoms. The molecule has 1 N–H and O–H groups in total. The molecule has 0 aromatic heterocycles. The Hall–Kier alpha value is -0.670. The number of hydrogen-bond acceptors (Lipinski definition) is 2. The summed E-state index contributed by atoms with van der Waals surface area (Å²) in [4.78, 5) is 11.9. The van der Waals surface area contributed by atoms with Gasteiger partial charge in [-0.3, -0.25) is 4.79 Å². The third kappa shape index (κ3) is 4.60. The van der Waals surface area contributed by atoms with Crippen molar-refractivity contribution in [2.24, 2.45) is 0 Å². The Morgan fingerprint density at radius 3 is 2.53 bits per heavy atom. The van der Waals surface area contributed by atoms with Crippen LogP contribution in [-0.2, 0) is 5.88 Å². The number of carbonyl (C=O) groups excluding carboxylic acids is 1. The maximum absolute atomic E-state index is 11.9. The minimum Gasteiger partial charge on any atom is -0.348 e. The number of amides is 1. The lowest BCUT2D eigenvalue weighted by Crippen LogP contribution is -2.36. The second-order valence-corrected chi connectivity index (χ2v) is 5.04. The van der Waals surface area contributed by atoms with Crippen LogP contribution in [0.25, 0.3) is 0 Å². The van der Waals surface area contributed by atoms with Gasteiger partial charge < -0.3 is 5.32 Å². The summed E-state index contributed by atoms with van der Waals surface area (Å²) in [5, 5.41) is 3.03. The standard InChI is InChI=1S/C13H18ClNOS/c1-3-12(9-17-2)15-13(16)11-6-4-10(8-14)5-7-11/h4-7,12H,3,8-9H2,1-2H3,(H,15,16). The molecular formula is C13H18ClNOS. The van der Waals surface area contributed by atoms with Crippen LogP contribution in [-0.4, -0.2) is 24.0 Å². The number of halogens is 1. The summed E-state index contributed by atoms with van der Waals surface area (Å²) in [5.74, 6) is 1.42. The van der Waals surface area contributed by atoms with Crippen molar-refractivity contribution in [1.29, 1.82) is 0 Å². The molecule has 0 aliphatic carbocycles. The third-order valence-corrected chi connectivity index (χ3v) is 3.61. The summed E-state index contributed by atoms with van der Waals surface area (Å²) in [6.45, 7) is 2.08. The molecule has 0 saturated heterocycles. The van der Waals surface area contributed by atoms with E-state index >= 15 is 0 Å². The summed E-state index contributed by atoms with van der Waals surface area (Å²) in [7, 11) is 0. The normalized spacial score (nSPS) is 12.2. The van der Waals surface area contributed by atoms with E-state index in [1.54, 1.807) is 11.8 Å². The van der Waals surface area contributed by atoms with Gasteiger partial charge in [0.15, 0.2) is 0 Å². The Balaban J connectivity index is 2.62. The van der Waals surface area contributed by atoms with E-state index in [0.717, 1.165) is 17.7 Å². The van der Waals surface area contributed by atoms with Gasteiger partial charge in [0.1, 0.15) is 0 Å². The molecule has 0 spiro atoms. The molecule has 0 bridgehead atoms. The number of hydrogen-bond donors (Lipinski definition) is 1. The first-order valence-corrected chi connectivity index (χ1v) is 7.58. The summed E-state index contributed by atoms with van der Waals surface area (Å²) in [6, 6.07) is 7.65. The van der Waals surface area contributed by atoms with Gasteiger partial charge in [-0.15, -0.1) is 11.6 Å². The van der Waals surface area contributed by atoms with Crippen LogP contribution in [0.15, 0.2) is 24.3 Å². The van der Waals surface area contributed by atoms with E-state index in [1.807, 2.05) is 30.5 Å². The minimum absolute atomic E-state index is 0.00739. The summed E-state index contributed by atoms with van der Waals surface area (Å²) >= 11 is 7.45. The van der Waals surface area contributed by atoms with Gasteiger partial charge in [0.25, 0.3) is 5.91 Å². The van der Waals surface area contributed by atoms with Crippen LogP contribution in [0.3, 0.4) is 0 Å². The molecule has 1 atom stereocenters. The number of thioether (sulfide) groups is 1. The highest BCUT2D eigenvalue weighted by Gasteiger charge is 2.11. The second-order valence-electron chi connectivity index (χ2n) is 3.86. The van der Waals surface area contributed by atoms with Crippen molar-refractivity contribution in [3.05, 3.63) is 35.4 Å². The molecule has 4 heteroatoms. The molecule has 1 aromatic carbocycles.